The molecule has 0 spiro atoms. The van der Waals surface area contributed by atoms with Gasteiger partial charge in [0, 0.05) is 18.5 Å². The standard InChI is InChI=1S/C12H20N8/c1-12(2,3)11-16-8(5-9(17-11)18-13)14-6-10-15-7-20(4)19-10/h5,7H,6,13H2,1-4H3,(H2,14,16,17,18). The van der Waals surface area contributed by atoms with Crippen LogP contribution in [-0.2, 0) is 19.0 Å². The molecule has 0 saturated carbocycles. The smallest absolute Gasteiger partial charge is 0.169 e. The molecule has 8 heteroatoms. The van der Waals surface area contributed by atoms with Crippen molar-refractivity contribution < 1.29 is 0 Å². The topological polar surface area (TPSA) is 107 Å². The average Bonchev–Trinajstić information content (AvgIpc) is 2.81. The summed E-state index contributed by atoms with van der Waals surface area (Å²) in [5, 5.41) is 7.38. The summed E-state index contributed by atoms with van der Waals surface area (Å²) < 4.78 is 1.66. The zero-order chi connectivity index (χ0) is 14.8. The minimum absolute atomic E-state index is 0.160. The van der Waals surface area contributed by atoms with Gasteiger partial charge in [0.25, 0.3) is 0 Å². The van der Waals surface area contributed by atoms with Crippen LogP contribution in [0.1, 0.15) is 32.4 Å². The van der Waals surface area contributed by atoms with Crippen LogP contribution < -0.4 is 16.6 Å². The molecule has 0 aliphatic heterocycles. The molecule has 4 N–H and O–H groups in total. The van der Waals surface area contributed by atoms with Crippen molar-refractivity contribution in [3.8, 4) is 0 Å². The lowest BCUT2D eigenvalue weighted by atomic mass is 9.96. The predicted molar refractivity (Wildman–Crippen MR) is 76.9 cm³/mol. The number of nitrogen functional groups attached to an aromatic ring is 1. The minimum Gasteiger partial charge on any atom is -0.363 e. The first kappa shape index (κ1) is 14.2. The third-order valence-electron chi connectivity index (χ3n) is 2.62. The first-order valence-electron chi connectivity index (χ1n) is 6.33. The van der Waals surface area contributed by atoms with Crippen molar-refractivity contribution in [1.82, 2.24) is 24.7 Å². The molecule has 0 unspecified atom stereocenters. The lowest BCUT2D eigenvalue weighted by molar-refractivity contribution is 0.546. The fourth-order valence-electron chi connectivity index (χ4n) is 1.58. The Morgan fingerprint density at radius 3 is 2.50 bits per heavy atom. The Bertz CT molecular complexity index is 583. The average molecular weight is 276 g/mol. The number of aromatic nitrogens is 5. The molecular formula is C12H20N8. The summed E-state index contributed by atoms with van der Waals surface area (Å²) in [6, 6.07) is 1.75. The minimum atomic E-state index is -0.160. The molecule has 0 aromatic carbocycles. The Balaban J connectivity index is 2.18. The molecule has 20 heavy (non-hydrogen) atoms. The zero-order valence-corrected chi connectivity index (χ0v) is 12.2. The molecule has 0 bridgehead atoms. The van der Waals surface area contributed by atoms with E-state index in [1.807, 2.05) is 27.8 Å². The van der Waals surface area contributed by atoms with Gasteiger partial charge in [-0.3, -0.25) is 4.68 Å². The number of aryl methyl sites for hydroxylation is 1. The van der Waals surface area contributed by atoms with Gasteiger partial charge in [-0.05, 0) is 0 Å². The zero-order valence-electron chi connectivity index (χ0n) is 12.2. The molecule has 0 atom stereocenters. The van der Waals surface area contributed by atoms with Crippen LogP contribution in [0.25, 0.3) is 0 Å². The van der Waals surface area contributed by atoms with E-state index in [4.69, 9.17) is 5.84 Å². The van der Waals surface area contributed by atoms with Gasteiger partial charge in [0.15, 0.2) is 5.82 Å². The number of hydrogen-bond donors (Lipinski definition) is 3. The van der Waals surface area contributed by atoms with Gasteiger partial charge in [-0.25, -0.2) is 20.8 Å². The van der Waals surface area contributed by atoms with Crippen LogP contribution >= 0.6 is 0 Å². The number of hydrogen-bond acceptors (Lipinski definition) is 7. The molecule has 2 aromatic rings. The van der Waals surface area contributed by atoms with Crippen LogP contribution in [-0.4, -0.2) is 24.7 Å². The molecular weight excluding hydrogens is 256 g/mol. The van der Waals surface area contributed by atoms with Crippen LogP contribution in [0.15, 0.2) is 12.4 Å². The molecule has 2 heterocycles. The summed E-state index contributed by atoms with van der Waals surface area (Å²) >= 11 is 0. The fraction of sp³-hybridized carbons (Fsp3) is 0.500. The van der Waals surface area contributed by atoms with Crippen molar-refractivity contribution >= 4 is 11.6 Å². The van der Waals surface area contributed by atoms with E-state index in [0.717, 1.165) is 0 Å². The highest BCUT2D eigenvalue weighted by Gasteiger charge is 2.19. The van der Waals surface area contributed by atoms with E-state index in [-0.39, 0.29) is 5.41 Å². The quantitative estimate of drug-likeness (QED) is 0.560. The summed E-state index contributed by atoms with van der Waals surface area (Å²) in [6.45, 7) is 6.64. The second-order valence-electron chi connectivity index (χ2n) is 5.54. The fourth-order valence-corrected chi connectivity index (χ4v) is 1.58. The van der Waals surface area contributed by atoms with Crippen molar-refractivity contribution in [2.45, 2.75) is 32.7 Å². The highest BCUT2D eigenvalue weighted by Crippen LogP contribution is 2.22. The molecule has 0 amide bonds. The van der Waals surface area contributed by atoms with E-state index in [2.05, 4.69) is 30.8 Å². The highest BCUT2D eigenvalue weighted by atomic mass is 15.3. The van der Waals surface area contributed by atoms with E-state index in [9.17, 15) is 0 Å². The molecule has 0 fully saturated rings. The number of nitrogens with one attached hydrogen (secondary N) is 2. The Morgan fingerprint density at radius 2 is 1.95 bits per heavy atom. The maximum Gasteiger partial charge on any atom is 0.169 e. The maximum absolute atomic E-state index is 5.45. The van der Waals surface area contributed by atoms with Crippen LogP contribution in [0, 0.1) is 0 Å². The third-order valence-corrected chi connectivity index (χ3v) is 2.62. The second-order valence-corrected chi connectivity index (χ2v) is 5.54. The second kappa shape index (κ2) is 5.41. The Hall–Kier alpha value is -2.22. The summed E-state index contributed by atoms with van der Waals surface area (Å²) in [4.78, 5) is 13.0. The van der Waals surface area contributed by atoms with Gasteiger partial charge in [0.05, 0.1) is 6.54 Å². The first-order chi connectivity index (χ1) is 9.38. The van der Waals surface area contributed by atoms with E-state index < -0.39 is 0 Å². The Labute approximate surface area is 117 Å². The van der Waals surface area contributed by atoms with Gasteiger partial charge in [0.1, 0.15) is 23.8 Å². The molecule has 0 aliphatic rings. The number of nitrogens with zero attached hydrogens (tertiary/aromatic N) is 5. The monoisotopic (exact) mass is 276 g/mol. The van der Waals surface area contributed by atoms with E-state index in [1.54, 1.807) is 17.1 Å². The summed E-state index contributed by atoms with van der Waals surface area (Å²) in [6.07, 6.45) is 1.66. The number of anilines is 2. The van der Waals surface area contributed by atoms with Crippen LogP contribution in [0.3, 0.4) is 0 Å². The van der Waals surface area contributed by atoms with Crippen LogP contribution in [0.2, 0.25) is 0 Å². The van der Waals surface area contributed by atoms with Gasteiger partial charge in [-0.15, -0.1) is 0 Å². The van der Waals surface area contributed by atoms with Crippen molar-refractivity contribution in [2.75, 3.05) is 10.7 Å². The van der Waals surface area contributed by atoms with Crippen molar-refractivity contribution in [2.24, 2.45) is 12.9 Å². The first-order valence-corrected chi connectivity index (χ1v) is 6.33. The SMILES string of the molecule is Cn1cnc(CNc2cc(NN)nc(C(C)(C)C)n2)n1. The van der Waals surface area contributed by atoms with Gasteiger partial charge in [-0.2, -0.15) is 5.10 Å². The number of hydrazine groups is 1. The number of rotatable bonds is 4. The Kier molecular flexibility index (Phi) is 3.84. The van der Waals surface area contributed by atoms with Crippen LogP contribution in [0.5, 0.6) is 0 Å². The number of nitrogens with two attached hydrogens (primary N) is 1. The molecule has 8 nitrogen and oxygen atoms in total. The van der Waals surface area contributed by atoms with Gasteiger partial charge in [-0.1, -0.05) is 20.8 Å². The lowest BCUT2D eigenvalue weighted by Gasteiger charge is -2.18. The largest absolute Gasteiger partial charge is 0.363 e. The molecule has 0 saturated heterocycles. The summed E-state index contributed by atoms with van der Waals surface area (Å²) in [7, 11) is 1.83. The summed E-state index contributed by atoms with van der Waals surface area (Å²) in [5.74, 6) is 8.11. The van der Waals surface area contributed by atoms with E-state index in [1.165, 1.54) is 0 Å². The normalized spacial score (nSPS) is 11.4. The van der Waals surface area contributed by atoms with E-state index >= 15 is 0 Å². The highest BCUT2D eigenvalue weighted by molar-refractivity contribution is 5.47. The van der Waals surface area contributed by atoms with Gasteiger partial charge >= 0.3 is 0 Å². The summed E-state index contributed by atoms with van der Waals surface area (Å²) in [5.41, 5.74) is 2.40. The molecule has 0 radical (unpaired) electrons. The van der Waals surface area contributed by atoms with Crippen molar-refractivity contribution in [3.63, 3.8) is 0 Å². The van der Waals surface area contributed by atoms with Crippen molar-refractivity contribution in [3.05, 3.63) is 24.0 Å². The van der Waals surface area contributed by atoms with E-state index in [0.29, 0.717) is 29.8 Å². The van der Waals surface area contributed by atoms with Gasteiger partial charge < -0.3 is 10.7 Å². The maximum atomic E-state index is 5.45. The predicted octanol–water partition coefficient (Wildman–Crippen LogP) is 0.800. The molecule has 0 aliphatic carbocycles. The van der Waals surface area contributed by atoms with Crippen molar-refractivity contribution in [1.29, 1.82) is 0 Å². The Morgan fingerprint density at radius 1 is 1.25 bits per heavy atom. The third kappa shape index (κ3) is 3.41. The van der Waals surface area contributed by atoms with Crippen LogP contribution in [0.4, 0.5) is 11.6 Å². The molecule has 2 aromatic heterocycles. The molecule has 108 valence electrons. The van der Waals surface area contributed by atoms with Gasteiger partial charge in [0.2, 0.25) is 0 Å². The molecule has 2 rings (SSSR count). The lowest BCUT2D eigenvalue weighted by Crippen LogP contribution is -2.20.